The van der Waals surface area contributed by atoms with Crippen LogP contribution in [0.15, 0.2) is 24.3 Å². The number of hydrogen-bond donors (Lipinski definition) is 1. The van der Waals surface area contributed by atoms with Crippen molar-refractivity contribution in [1.82, 2.24) is 19.6 Å². The third-order valence-corrected chi connectivity index (χ3v) is 6.21. The fourth-order valence-electron chi connectivity index (χ4n) is 4.38. The van der Waals surface area contributed by atoms with Crippen LogP contribution in [0.3, 0.4) is 0 Å². The topological polar surface area (TPSA) is 59.1 Å². The Labute approximate surface area is 193 Å². The van der Waals surface area contributed by atoms with E-state index in [1.54, 1.807) is 4.90 Å². The summed E-state index contributed by atoms with van der Waals surface area (Å²) in [5.41, 5.74) is 1.93. The summed E-state index contributed by atoms with van der Waals surface area (Å²) in [6.07, 6.45) is -2.73. The molecule has 2 aliphatic heterocycles. The van der Waals surface area contributed by atoms with Crippen molar-refractivity contribution in [3.63, 3.8) is 0 Å². The summed E-state index contributed by atoms with van der Waals surface area (Å²) in [7, 11) is 0. The van der Waals surface area contributed by atoms with E-state index in [2.05, 4.69) is 5.32 Å². The van der Waals surface area contributed by atoms with E-state index in [4.69, 9.17) is 0 Å². The van der Waals surface area contributed by atoms with Crippen molar-refractivity contribution in [2.45, 2.75) is 25.9 Å². The van der Waals surface area contributed by atoms with E-state index in [1.165, 1.54) is 4.90 Å². The molecule has 2 heterocycles. The standard InChI is InChI=1S/C23H34F3N5O2/c1-2-19-6-3-4-7-20(19)27-21(32)16-29-12-14-31(15-13-29)22(33)17-28-8-5-9-30(11-10-28)18-23(24,25)26/h3-4,6-7H,2,5,8-18H2,1H3,(H,27,32). The van der Waals surface area contributed by atoms with Gasteiger partial charge in [-0.3, -0.25) is 24.3 Å². The van der Waals surface area contributed by atoms with Crippen molar-refractivity contribution in [1.29, 1.82) is 0 Å². The normalized spacial score (nSPS) is 19.3. The van der Waals surface area contributed by atoms with Crippen LogP contribution in [0.2, 0.25) is 0 Å². The van der Waals surface area contributed by atoms with Crippen molar-refractivity contribution >= 4 is 17.5 Å². The Kier molecular flexibility index (Phi) is 9.10. The maximum absolute atomic E-state index is 12.7. The average Bonchev–Trinajstić information content (AvgIpc) is 2.98. The van der Waals surface area contributed by atoms with Crippen LogP contribution >= 0.6 is 0 Å². The molecule has 7 nitrogen and oxygen atoms in total. The Morgan fingerprint density at radius 1 is 0.879 bits per heavy atom. The Morgan fingerprint density at radius 3 is 2.18 bits per heavy atom. The number of amides is 2. The van der Waals surface area contributed by atoms with Crippen molar-refractivity contribution in [2.24, 2.45) is 0 Å². The lowest BCUT2D eigenvalue weighted by Crippen LogP contribution is -2.52. The molecule has 1 aromatic rings. The fraction of sp³-hybridized carbons (Fsp3) is 0.652. The van der Waals surface area contributed by atoms with Gasteiger partial charge in [0.05, 0.1) is 19.6 Å². The number of aryl methyl sites for hydroxylation is 1. The number of anilines is 1. The number of nitrogens with one attached hydrogen (secondary N) is 1. The molecule has 2 fully saturated rings. The lowest BCUT2D eigenvalue weighted by molar-refractivity contribution is -0.145. The smallest absolute Gasteiger partial charge is 0.339 e. The molecule has 33 heavy (non-hydrogen) atoms. The molecule has 0 bridgehead atoms. The molecule has 10 heteroatoms. The summed E-state index contributed by atoms with van der Waals surface area (Å²) in [4.78, 5) is 32.4. The number of alkyl halides is 3. The van der Waals surface area contributed by atoms with Crippen LogP contribution in [-0.2, 0) is 16.0 Å². The summed E-state index contributed by atoms with van der Waals surface area (Å²) in [5, 5.41) is 2.98. The van der Waals surface area contributed by atoms with Crippen LogP contribution < -0.4 is 5.32 Å². The van der Waals surface area contributed by atoms with Gasteiger partial charge in [-0.1, -0.05) is 25.1 Å². The largest absolute Gasteiger partial charge is 0.401 e. The minimum absolute atomic E-state index is 0.000228. The molecule has 2 saturated heterocycles. The van der Waals surface area contributed by atoms with Gasteiger partial charge in [0.1, 0.15) is 0 Å². The maximum atomic E-state index is 12.7. The van der Waals surface area contributed by atoms with Crippen LogP contribution in [0.4, 0.5) is 18.9 Å². The molecular weight excluding hydrogens is 435 g/mol. The second-order valence-corrected chi connectivity index (χ2v) is 8.74. The van der Waals surface area contributed by atoms with E-state index in [9.17, 15) is 22.8 Å². The first kappa shape index (κ1) is 25.5. The third kappa shape index (κ3) is 8.28. The Balaban J connectivity index is 1.38. The first-order valence-electron chi connectivity index (χ1n) is 11.6. The van der Waals surface area contributed by atoms with Crippen molar-refractivity contribution < 1.29 is 22.8 Å². The number of halogens is 3. The summed E-state index contributed by atoms with van der Waals surface area (Å²) < 4.78 is 37.9. The zero-order chi connectivity index (χ0) is 23.8. The van der Waals surface area contributed by atoms with Crippen molar-refractivity contribution in [2.75, 3.05) is 77.3 Å². The zero-order valence-corrected chi connectivity index (χ0v) is 19.2. The highest BCUT2D eigenvalue weighted by Crippen LogP contribution is 2.18. The zero-order valence-electron chi connectivity index (χ0n) is 19.2. The number of benzene rings is 1. The minimum atomic E-state index is -4.19. The molecule has 0 unspecified atom stereocenters. The summed E-state index contributed by atoms with van der Waals surface area (Å²) >= 11 is 0. The fourth-order valence-corrected chi connectivity index (χ4v) is 4.38. The van der Waals surface area contributed by atoms with E-state index in [1.807, 2.05) is 41.0 Å². The molecular formula is C23H34F3N5O2. The second-order valence-electron chi connectivity index (χ2n) is 8.74. The van der Waals surface area contributed by atoms with Gasteiger partial charge >= 0.3 is 6.18 Å². The average molecular weight is 470 g/mol. The number of hydrogen-bond acceptors (Lipinski definition) is 5. The minimum Gasteiger partial charge on any atom is -0.339 e. The predicted octanol–water partition coefficient (Wildman–Crippen LogP) is 1.90. The molecule has 3 rings (SSSR count). The number of piperazine rings is 1. The van der Waals surface area contributed by atoms with Crippen molar-refractivity contribution in [3.05, 3.63) is 29.8 Å². The van der Waals surface area contributed by atoms with E-state index in [0.717, 1.165) is 17.7 Å². The summed E-state index contributed by atoms with van der Waals surface area (Å²) in [6, 6.07) is 7.75. The van der Waals surface area contributed by atoms with Crippen LogP contribution in [0.5, 0.6) is 0 Å². The van der Waals surface area contributed by atoms with E-state index >= 15 is 0 Å². The predicted molar refractivity (Wildman–Crippen MR) is 121 cm³/mol. The van der Waals surface area contributed by atoms with Crippen LogP contribution in [-0.4, -0.2) is 110 Å². The van der Waals surface area contributed by atoms with Gasteiger partial charge in [0.2, 0.25) is 11.8 Å². The Bertz CT molecular complexity index is 797. The van der Waals surface area contributed by atoms with Crippen molar-refractivity contribution in [3.8, 4) is 0 Å². The van der Waals surface area contributed by atoms with E-state index in [-0.39, 0.29) is 24.9 Å². The highest BCUT2D eigenvalue weighted by Gasteiger charge is 2.32. The lowest BCUT2D eigenvalue weighted by Gasteiger charge is -2.35. The van der Waals surface area contributed by atoms with Crippen LogP contribution in [0, 0.1) is 0 Å². The Hall–Kier alpha value is -2.17. The summed E-state index contributed by atoms with van der Waals surface area (Å²) in [6.45, 7) is 5.79. The van der Waals surface area contributed by atoms with Gasteiger partial charge in [0, 0.05) is 45.0 Å². The number of rotatable bonds is 7. The number of carbonyl (C=O) groups is 2. The van der Waals surface area contributed by atoms with Gasteiger partial charge in [0.15, 0.2) is 0 Å². The number of nitrogens with zero attached hydrogens (tertiary/aromatic N) is 4. The van der Waals surface area contributed by atoms with Gasteiger partial charge in [0.25, 0.3) is 0 Å². The number of carbonyl (C=O) groups excluding carboxylic acids is 2. The Morgan fingerprint density at radius 2 is 1.48 bits per heavy atom. The highest BCUT2D eigenvalue weighted by atomic mass is 19.4. The van der Waals surface area contributed by atoms with Gasteiger partial charge < -0.3 is 10.2 Å². The van der Waals surface area contributed by atoms with E-state index in [0.29, 0.717) is 58.8 Å². The molecule has 0 radical (unpaired) electrons. The molecule has 0 saturated carbocycles. The molecule has 2 amide bonds. The van der Waals surface area contributed by atoms with Crippen LogP contribution in [0.25, 0.3) is 0 Å². The summed E-state index contributed by atoms with van der Waals surface area (Å²) in [5.74, 6) is -0.0658. The monoisotopic (exact) mass is 469 g/mol. The molecule has 184 valence electrons. The van der Waals surface area contributed by atoms with E-state index < -0.39 is 12.7 Å². The molecule has 0 aromatic heterocycles. The van der Waals surface area contributed by atoms with Gasteiger partial charge in [-0.15, -0.1) is 0 Å². The lowest BCUT2D eigenvalue weighted by atomic mass is 10.1. The molecule has 1 aromatic carbocycles. The van der Waals surface area contributed by atoms with Crippen LogP contribution in [0.1, 0.15) is 18.9 Å². The maximum Gasteiger partial charge on any atom is 0.401 e. The molecule has 2 aliphatic rings. The quantitative estimate of drug-likeness (QED) is 0.661. The second kappa shape index (κ2) is 11.8. The molecule has 0 aliphatic carbocycles. The molecule has 1 N–H and O–H groups in total. The molecule has 0 spiro atoms. The van der Waals surface area contributed by atoms with Gasteiger partial charge in [-0.05, 0) is 37.6 Å². The first-order valence-corrected chi connectivity index (χ1v) is 11.6. The molecule has 0 atom stereocenters. The third-order valence-electron chi connectivity index (χ3n) is 6.21. The van der Waals surface area contributed by atoms with Gasteiger partial charge in [-0.25, -0.2) is 0 Å². The SMILES string of the molecule is CCc1ccccc1NC(=O)CN1CCN(C(=O)CN2CCCN(CC(F)(F)F)CC2)CC1. The number of para-hydroxylation sites is 1. The highest BCUT2D eigenvalue weighted by molar-refractivity contribution is 5.93. The van der Waals surface area contributed by atoms with Gasteiger partial charge in [-0.2, -0.15) is 13.2 Å². The first-order chi connectivity index (χ1) is 15.7.